The molecule has 0 bridgehead atoms. The lowest BCUT2D eigenvalue weighted by atomic mass is 10.1. The average Bonchev–Trinajstić information content (AvgIpc) is 2.82. The van der Waals surface area contributed by atoms with E-state index in [0.717, 1.165) is 24.5 Å². The van der Waals surface area contributed by atoms with Crippen molar-refractivity contribution in [3.8, 4) is 11.6 Å². The van der Waals surface area contributed by atoms with E-state index >= 15 is 0 Å². The average molecular weight is 324 g/mol. The van der Waals surface area contributed by atoms with Crippen LogP contribution in [0.3, 0.4) is 0 Å². The van der Waals surface area contributed by atoms with Gasteiger partial charge in [-0.2, -0.15) is 0 Å². The minimum absolute atomic E-state index is 0.349. The van der Waals surface area contributed by atoms with E-state index in [9.17, 15) is 0 Å². The van der Waals surface area contributed by atoms with E-state index in [4.69, 9.17) is 4.42 Å². The van der Waals surface area contributed by atoms with E-state index < -0.39 is 0 Å². The fraction of sp³-hybridized carbons (Fsp3) is 0.429. The van der Waals surface area contributed by atoms with Gasteiger partial charge in [0.1, 0.15) is 5.82 Å². The van der Waals surface area contributed by atoms with E-state index in [0.29, 0.717) is 22.2 Å². The number of rotatable bonds is 5. The van der Waals surface area contributed by atoms with Gasteiger partial charge in [-0.05, 0) is 40.4 Å². The zero-order valence-electron chi connectivity index (χ0n) is 11.4. The maximum Gasteiger partial charge on any atom is 0.197 e. The van der Waals surface area contributed by atoms with Crippen LogP contribution in [0.25, 0.3) is 11.6 Å². The molecule has 2 heterocycles. The van der Waals surface area contributed by atoms with Crippen LogP contribution in [0, 0.1) is 0 Å². The van der Waals surface area contributed by atoms with Gasteiger partial charge in [-0.3, -0.25) is 0 Å². The number of nitrogens with zero attached hydrogens (tertiary/aromatic N) is 2. The van der Waals surface area contributed by atoms with Crippen LogP contribution in [-0.4, -0.2) is 16.5 Å². The fourth-order valence-corrected chi connectivity index (χ4v) is 1.96. The Morgan fingerprint density at radius 1 is 1.32 bits per heavy atom. The van der Waals surface area contributed by atoms with Crippen molar-refractivity contribution in [3.05, 3.63) is 28.6 Å². The van der Waals surface area contributed by atoms with Crippen LogP contribution in [-0.2, 0) is 0 Å². The first-order valence-corrected chi connectivity index (χ1v) is 7.28. The van der Waals surface area contributed by atoms with Gasteiger partial charge >= 0.3 is 0 Å². The highest BCUT2D eigenvalue weighted by Gasteiger charge is 2.12. The summed E-state index contributed by atoms with van der Waals surface area (Å²) in [4.78, 5) is 9.06. The van der Waals surface area contributed by atoms with E-state index in [-0.39, 0.29) is 0 Å². The number of anilines is 1. The van der Waals surface area contributed by atoms with Crippen LogP contribution < -0.4 is 5.32 Å². The van der Waals surface area contributed by atoms with Crippen LogP contribution in [0.1, 0.15) is 38.8 Å². The summed E-state index contributed by atoms with van der Waals surface area (Å²) in [6.07, 6.45) is 1.06. The van der Waals surface area contributed by atoms with Gasteiger partial charge in [0.15, 0.2) is 16.3 Å². The lowest BCUT2D eigenvalue weighted by molar-refractivity contribution is 0.550. The molecule has 0 fully saturated rings. The Hall–Kier alpha value is -1.36. The first kappa shape index (κ1) is 14.1. The zero-order valence-corrected chi connectivity index (χ0v) is 13.0. The second-order valence-corrected chi connectivity index (χ2v) is 5.47. The highest BCUT2D eigenvalue weighted by molar-refractivity contribution is 9.10. The first-order valence-electron chi connectivity index (χ1n) is 6.48. The van der Waals surface area contributed by atoms with Crippen molar-refractivity contribution in [2.45, 2.75) is 33.1 Å². The Labute approximate surface area is 121 Å². The third kappa shape index (κ3) is 3.56. The molecule has 19 heavy (non-hydrogen) atoms. The van der Waals surface area contributed by atoms with Crippen LogP contribution in [0.15, 0.2) is 27.3 Å². The SMILES string of the molecule is CCCNc1cc(C(C)C)nc(-c2ccc(Br)o2)n1. The molecule has 102 valence electrons. The molecule has 0 spiro atoms. The molecule has 4 nitrogen and oxygen atoms in total. The van der Waals surface area contributed by atoms with Gasteiger partial charge in [-0.1, -0.05) is 20.8 Å². The molecule has 0 aliphatic rings. The Kier molecular flexibility index (Phi) is 4.58. The van der Waals surface area contributed by atoms with Gasteiger partial charge in [-0.15, -0.1) is 0 Å². The molecule has 0 saturated heterocycles. The molecule has 0 atom stereocenters. The predicted molar refractivity (Wildman–Crippen MR) is 80.3 cm³/mol. The molecule has 0 radical (unpaired) electrons. The van der Waals surface area contributed by atoms with Crippen molar-refractivity contribution in [2.24, 2.45) is 0 Å². The number of halogens is 1. The molecule has 2 rings (SSSR count). The Bertz CT molecular complexity index is 551. The van der Waals surface area contributed by atoms with Crippen LogP contribution >= 0.6 is 15.9 Å². The third-order valence-electron chi connectivity index (χ3n) is 2.69. The summed E-state index contributed by atoms with van der Waals surface area (Å²) in [6, 6.07) is 5.72. The van der Waals surface area contributed by atoms with Crippen molar-refractivity contribution in [3.63, 3.8) is 0 Å². The Balaban J connectivity index is 2.39. The molecular formula is C14H18BrN3O. The largest absolute Gasteiger partial charge is 0.446 e. The van der Waals surface area contributed by atoms with Gasteiger partial charge in [0.05, 0.1) is 0 Å². The van der Waals surface area contributed by atoms with E-state index in [1.165, 1.54) is 0 Å². The maximum atomic E-state index is 5.53. The zero-order chi connectivity index (χ0) is 13.8. The first-order chi connectivity index (χ1) is 9.10. The Morgan fingerprint density at radius 3 is 2.68 bits per heavy atom. The smallest absolute Gasteiger partial charge is 0.197 e. The molecule has 0 unspecified atom stereocenters. The quantitative estimate of drug-likeness (QED) is 0.883. The lowest BCUT2D eigenvalue weighted by Gasteiger charge is -2.10. The second-order valence-electron chi connectivity index (χ2n) is 4.69. The normalized spacial score (nSPS) is 11.0. The monoisotopic (exact) mass is 323 g/mol. The minimum Gasteiger partial charge on any atom is -0.446 e. The lowest BCUT2D eigenvalue weighted by Crippen LogP contribution is -2.06. The molecule has 0 amide bonds. The number of nitrogens with one attached hydrogen (secondary N) is 1. The standard InChI is InChI=1S/C14H18BrN3O/c1-4-7-16-13-8-10(9(2)3)17-14(18-13)11-5-6-12(15)19-11/h5-6,8-9H,4,7H2,1-3H3,(H,16,17,18). The topological polar surface area (TPSA) is 51.0 Å². The number of aromatic nitrogens is 2. The van der Waals surface area contributed by atoms with E-state index in [1.54, 1.807) is 0 Å². The summed E-state index contributed by atoms with van der Waals surface area (Å²) < 4.78 is 6.21. The highest BCUT2D eigenvalue weighted by atomic mass is 79.9. The van der Waals surface area contributed by atoms with Gasteiger partial charge in [0.2, 0.25) is 0 Å². The van der Waals surface area contributed by atoms with Gasteiger partial charge in [0.25, 0.3) is 0 Å². The molecule has 2 aromatic rings. The fourth-order valence-electron chi connectivity index (χ4n) is 1.65. The summed E-state index contributed by atoms with van der Waals surface area (Å²) in [5.41, 5.74) is 1.01. The Morgan fingerprint density at radius 2 is 2.11 bits per heavy atom. The van der Waals surface area contributed by atoms with Crippen LogP contribution in [0.2, 0.25) is 0 Å². The summed E-state index contributed by atoms with van der Waals surface area (Å²) in [7, 11) is 0. The van der Waals surface area contributed by atoms with Gasteiger partial charge in [0, 0.05) is 18.3 Å². The molecule has 0 aromatic carbocycles. The van der Waals surface area contributed by atoms with Crippen molar-refractivity contribution < 1.29 is 4.42 Å². The van der Waals surface area contributed by atoms with Crippen molar-refractivity contribution in [1.29, 1.82) is 0 Å². The maximum absolute atomic E-state index is 5.53. The van der Waals surface area contributed by atoms with Crippen LogP contribution in [0.5, 0.6) is 0 Å². The summed E-state index contributed by atoms with van der Waals surface area (Å²) in [5, 5.41) is 3.30. The van der Waals surface area contributed by atoms with Crippen molar-refractivity contribution >= 4 is 21.7 Å². The van der Waals surface area contributed by atoms with E-state index in [1.807, 2.05) is 18.2 Å². The van der Waals surface area contributed by atoms with Crippen molar-refractivity contribution in [1.82, 2.24) is 9.97 Å². The predicted octanol–water partition coefficient (Wildman–Crippen LogP) is 4.44. The van der Waals surface area contributed by atoms with Crippen molar-refractivity contribution in [2.75, 3.05) is 11.9 Å². The number of hydrogen-bond acceptors (Lipinski definition) is 4. The molecule has 1 N–H and O–H groups in total. The second kappa shape index (κ2) is 6.19. The summed E-state index contributed by atoms with van der Waals surface area (Å²) in [5.74, 6) is 2.50. The number of hydrogen-bond donors (Lipinski definition) is 1. The highest BCUT2D eigenvalue weighted by Crippen LogP contribution is 2.25. The molecule has 2 aromatic heterocycles. The molecule has 0 saturated carbocycles. The van der Waals surface area contributed by atoms with E-state index in [2.05, 4.69) is 52.0 Å². The minimum atomic E-state index is 0.349. The third-order valence-corrected chi connectivity index (χ3v) is 3.11. The summed E-state index contributed by atoms with van der Waals surface area (Å²) >= 11 is 3.30. The van der Waals surface area contributed by atoms with Crippen LogP contribution in [0.4, 0.5) is 5.82 Å². The molecular weight excluding hydrogens is 306 g/mol. The van der Waals surface area contributed by atoms with Gasteiger partial charge < -0.3 is 9.73 Å². The molecule has 0 aliphatic carbocycles. The number of furan rings is 1. The molecule has 0 aliphatic heterocycles. The van der Waals surface area contributed by atoms with Gasteiger partial charge in [-0.25, -0.2) is 9.97 Å². The molecule has 5 heteroatoms. The summed E-state index contributed by atoms with van der Waals surface area (Å²) in [6.45, 7) is 7.26.